The van der Waals surface area contributed by atoms with Gasteiger partial charge in [0.05, 0.1) is 12.8 Å². The second-order valence-electron chi connectivity index (χ2n) is 6.19. The van der Waals surface area contributed by atoms with Crippen molar-refractivity contribution in [2.45, 2.75) is 33.7 Å². The van der Waals surface area contributed by atoms with Gasteiger partial charge in [0.25, 0.3) is 0 Å². The number of aliphatic imine (C=N–C) groups is 1. The van der Waals surface area contributed by atoms with E-state index < -0.39 is 0 Å². The minimum atomic E-state index is 0.707. The summed E-state index contributed by atoms with van der Waals surface area (Å²) >= 11 is 0. The van der Waals surface area contributed by atoms with Crippen LogP contribution in [0.25, 0.3) is 0 Å². The normalized spacial score (nSPS) is 11.5. The van der Waals surface area contributed by atoms with E-state index in [1.807, 2.05) is 24.7 Å². The molecule has 0 aliphatic carbocycles. The first kappa shape index (κ1) is 18.8. The Labute approximate surface area is 150 Å². The van der Waals surface area contributed by atoms with Crippen molar-refractivity contribution in [3.05, 3.63) is 46.3 Å². The molecule has 6 nitrogen and oxygen atoms in total. The van der Waals surface area contributed by atoms with Crippen LogP contribution in [0.5, 0.6) is 5.75 Å². The molecule has 2 rings (SSSR count). The predicted molar refractivity (Wildman–Crippen MR) is 102 cm³/mol. The lowest BCUT2D eigenvalue weighted by atomic mass is 10.1. The molecule has 0 aliphatic heterocycles. The van der Waals surface area contributed by atoms with Crippen molar-refractivity contribution in [1.82, 2.24) is 20.4 Å². The minimum Gasteiger partial charge on any atom is -0.496 e. The van der Waals surface area contributed by atoms with Crippen LogP contribution >= 0.6 is 0 Å². The zero-order valence-corrected chi connectivity index (χ0v) is 16.1. The molecule has 2 N–H and O–H groups in total. The maximum atomic E-state index is 5.44. The van der Waals surface area contributed by atoms with Crippen LogP contribution in [0.3, 0.4) is 0 Å². The number of hydrogen-bond acceptors (Lipinski definition) is 3. The highest BCUT2D eigenvalue weighted by atomic mass is 16.5. The fourth-order valence-electron chi connectivity index (χ4n) is 2.88. The van der Waals surface area contributed by atoms with Crippen molar-refractivity contribution < 1.29 is 4.74 Å². The van der Waals surface area contributed by atoms with Crippen molar-refractivity contribution in [3.8, 4) is 5.75 Å². The molecular formula is C19H29N5O. The molecule has 0 aliphatic rings. The molecule has 1 aromatic heterocycles. The Bertz CT molecular complexity index is 749. The molecule has 0 bridgehead atoms. The second-order valence-corrected chi connectivity index (χ2v) is 6.19. The standard InChI is InChI=1S/C19H29N5O/c1-13-7-8-18(25-6)16(11-13)9-10-21-19(20-4)22-12-17-14(2)23-24(5)15(17)3/h7-8,11H,9-10,12H2,1-6H3,(H2,20,21,22). The van der Waals surface area contributed by atoms with E-state index in [0.717, 1.165) is 30.4 Å². The van der Waals surface area contributed by atoms with Crippen molar-refractivity contribution in [2.75, 3.05) is 20.7 Å². The number of nitrogens with zero attached hydrogens (tertiary/aromatic N) is 3. The summed E-state index contributed by atoms with van der Waals surface area (Å²) in [6.07, 6.45) is 0.872. The third kappa shape index (κ3) is 4.75. The van der Waals surface area contributed by atoms with Gasteiger partial charge in [-0.2, -0.15) is 5.10 Å². The SMILES string of the molecule is CN=C(NCCc1cc(C)ccc1OC)NCc1c(C)nn(C)c1C. The van der Waals surface area contributed by atoms with Crippen LogP contribution in [0.2, 0.25) is 0 Å². The quantitative estimate of drug-likeness (QED) is 0.624. The van der Waals surface area contributed by atoms with Gasteiger partial charge in [-0.1, -0.05) is 17.7 Å². The molecule has 1 heterocycles. The van der Waals surface area contributed by atoms with Crippen molar-refractivity contribution in [2.24, 2.45) is 12.0 Å². The summed E-state index contributed by atoms with van der Waals surface area (Å²) in [6.45, 7) is 7.69. The molecular weight excluding hydrogens is 314 g/mol. The van der Waals surface area contributed by atoms with E-state index in [9.17, 15) is 0 Å². The zero-order chi connectivity index (χ0) is 18.4. The van der Waals surface area contributed by atoms with Gasteiger partial charge in [-0.05, 0) is 38.8 Å². The van der Waals surface area contributed by atoms with Gasteiger partial charge in [0.2, 0.25) is 0 Å². The molecule has 0 fully saturated rings. The van der Waals surface area contributed by atoms with E-state index in [2.05, 4.69) is 46.7 Å². The number of ether oxygens (including phenoxy) is 1. The van der Waals surface area contributed by atoms with Crippen molar-refractivity contribution in [3.63, 3.8) is 0 Å². The largest absolute Gasteiger partial charge is 0.496 e. The molecule has 0 saturated heterocycles. The summed E-state index contributed by atoms with van der Waals surface area (Å²) in [6, 6.07) is 6.25. The highest BCUT2D eigenvalue weighted by Gasteiger charge is 2.10. The summed E-state index contributed by atoms with van der Waals surface area (Å²) in [7, 11) is 5.46. The summed E-state index contributed by atoms with van der Waals surface area (Å²) in [5.74, 6) is 1.71. The number of aromatic nitrogens is 2. The first-order valence-electron chi connectivity index (χ1n) is 8.53. The van der Waals surface area contributed by atoms with Gasteiger partial charge < -0.3 is 15.4 Å². The zero-order valence-electron chi connectivity index (χ0n) is 16.1. The van der Waals surface area contributed by atoms with Gasteiger partial charge in [0, 0.05) is 38.4 Å². The van der Waals surface area contributed by atoms with Gasteiger partial charge in [-0.15, -0.1) is 0 Å². The third-order valence-corrected chi connectivity index (χ3v) is 4.44. The van der Waals surface area contributed by atoms with E-state index in [1.54, 1.807) is 14.2 Å². The molecule has 136 valence electrons. The topological polar surface area (TPSA) is 63.5 Å². The van der Waals surface area contributed by atoms with Crippen LogP contribution in [-0.4, -0.2) is 36.4 Å². The number of nitrogens with one attached hydrogen (secondary N) is 2. The first-order valence-corrected chi connectivity index (χ1v) is 8.53. The van der Waals surface area contributed by atoms with Crippen LogP contribution in [-0.2, 0) is 20.0 Å². The van der Waals surface area contributed by atoms with E-state index in [1.165, 1.54) is 22.4 Å². The summed E-state index contributed by atoms with van der Waals surface area (Å²) in [5, 5.41) is 11.2. The number of methoxy groups -OCH3 is 1. The van der Waals surface area contributed by atoms with Crippen LogP contribution in [0, 0.1) is 20.8 Å². The highest BCUT2D eigenvalue weighted by Crippen LogP contribution is 2.19. The monoisotopic (exact) mass is 343 g/mol. The number of benzene rings is 1. The van der Waals surface area contributed by atoms with Crippen molar-refractivity contribution in [1.29, 1.82) is 0 Å². The van der Waals surface area contributed by atoms with Gasteiger partial charge in [0.1, 0.15) is 5.75 Å². The predicted octanol–water partition coefficient (Wildman–Crippen LogP) is 2.26. The lowest BCUT2D eigenvalue weighted by molar-refractivity contribution is 0.409. The second kappa shape index (κ2) is 8.55. The number of aryl methyl sites for hydroxylation is 3. The Balaban J connectivity index is 1.90. The Morgan fingerprint density at radius 1 is 1.24 bits per heavy atom. The lowest BCUT2D eigenvalue weighted by Gasteiger charge is -2.14. The summed E-state index contributed by atoms with van der Waals surface area (Å²) in [5.41, 5.74) is 5.87. The van der Waals surface area contributed by atoms with Crippen LogP contribution in [0.15, 0.2) is 23.2 Å². The Kier molecular flexibility index (Phi) is 6.44. The number of hydrogen-bond donors (Lipinski definition) is 2. The van der Waals surface area contributed by atoms with Gasteiger partial charge in [-0.3, -0.25) is 9.67 Å². The molecule has 6 heteroatoms. The van der Waals surface area contributed by atoms with E-state index in [-0.39, 0.29) is 0 Å². The van der Waals surface area contributed by atoms with E-state index in [0.29, 0.717) is 6.54 Å². The van der Waals surface area contributed by atoms with Crippen LogP contribution < -0.4 is 15.4 Å². The minimum absolute atomic E-state index is 0.707. The smallest absolute Gasteiger partial charge is 0.191 e. The Morgan fingerprint density at radius 2 is 2.00 bits per heavy atom. The van der Waals surface area contributed by atoms with Crippen molar-refractivity contribution >= 4 is 5.96 Å². The summed E-state index contributed by atoms with van der Waals surface area (Å²) in [4.78, 5) is 4.30. The average molecular weight is 343 g/mol. The molecule has 0 unspecified atom stereocenters. The number of guanidine groups is 1. The molecule has 0 saturated carbocycles. The lowest BCUT2D eigenvalue weighted by Crippen LogP contribution is -2.38. The molecule has 0 amide bonds. The third-order valence-electron chi connectivity index (χ3n) is 4.44. The van der Waals surface area contributed by atoms with Crippen LogP contribution in [0.1, 0.15) is 28.1 Å². The van der Waals surface area contributed by atoms with Gasteiger partial charge in [-0.25, -0.2) is 0 Å². The molecule has 0 radical (unpaired) electrons. The molecule has 2 aromatic rings. The van der Waals surface area contributed by atoms with Crippen LogP contribution in [0.4, 0.5) is 0 Å². The Morgan fingerprint density at radius 3 is 2.60 bits per heavy atom. The fourth-order valence-corrected chi connectivity index (χ4v) is 2.88. The maximum Gasteiger partial charge on any atom is 0.191 e. The molecule has 0 spiro atoms. The maximum absolute atomic E-state index is 5.44. The molecule has 25 heavy (non-hydrogen) atoms. The molecule has 0 atom stereocenters. The highest BCUT2D eigenvalue weighted by molar-refractivity contribution is 5.79. The first-order chi connectivity index (χ1) is 12.0. The van der Waals surface area contributed by atoms with E-state index >= 15 is 0 Å². The van der Waals surface area contributed by atoms with E-state index in [4.69, 9.17) is 4.74 Å². The summed E-state index contributed by atoms with van der Waals surface area (Å²) < 4.78 is 7.34. The molecule has 1 aromatic carbocycles. The van der Waals surface area contributed by atoms with Gasteiger partial charge >= 0.3 is 0 Å². The number of rotatable bonds is 6. The fraction of sp³-hybridized carbons (Fsp3) is 0.474. The average Bonchev–Trinajstić information content (AvgIpc) is 2.83. The Hall–Kier alpha value is -2.50. The van der Waals surface area contributed by atoms with Gasteiger partial charge in [0.15, 0.2) is 5.96 Å².